The monoisotopic (exact) mass is 301 g/mol. The van der Waals surface area contributed by atoms with Crippen molar-refractivity contribution < 1.29 is 14.9 Å². The molecule has 17 heavy (non-hydrogen) atoms. The van der Waals surface area contributed by atoms with Gasteiger partial charge in [0.1, 0.15) is 12.4 Å². The molecule has 1 heterocycles. The SMILES string of the molecule is OC1CN(CCOc2cccc(Br)c2)CC1O. The highest BCUT2D eigenvalue weighted by atomic mass is 79.9. The van der Waals surface area contributed by atoms with Crippen molar-refractivity contribution >= 4 is 15.9 Å². The van der Waals surface area contributed by atoms with Gasteiger partial charge in [0.15, 0.2) is 0 Å². The van der Waals surface area contributed by atoms with Crippen LogP contribution in [0.1, 0.15) is 0 Å². The van der Waals surface area contributed by atoms with Crippen LogP contribution in [-0.4, -0.2) is 53.6 Å². The molecule has 0 amide bonds. The maximum absolute atomic E-state index is 9.38. The standard InChI is InChI=1S/C12H16BrNO3/c13-9-2-1-3-10(6-9)17-5-4-14-7-11(15)12(16)8-14/h1-3,6,11-12,15-16H,4-5,7-8H2. The molecule has 4 nitrogen and oxygen atoms in total. The van der Waals surface area contributed by atoms with Crippen molar-refractivity contribution in [3.05, 3.63) is 28.7 Å². The van der Waals surface area contributed by atoms with Crippen LogP contribution in [0.5, 0.6) is 5.75 Å². The third-order valence-electron chi connectivity index (χ3n) is 2.81. The molecular weight excluding hydrogens is 286 g/mol. The van der Waals surface area contributed by atoms with E-state index in [0.717, 1.165) is 10.2 Å². The van der Waals surface area contributed by atoms with Crippen LogP contribution in [0.2, 0.25) is 0 Å². The van der Waals surface area contributed by atoms with E-state index in [2.05, 4.69) is 15.9 Å². The van der Waals surface area contributed by atoms with Gasteiger partial charge in [0.05, 0.1) is 12.2 Å². The van der Waals surface area contributed by atoms with Gasteiger partial charge >= 0.3 is 0 Å². The first-order valence-electron chi connectivity index (χ1n) is 5.62. The molecular formula is C12H16BrNO3. The molecule has 2 rings (SSSR count). The summed E-state index contributed by atoms with van der Waals surface area (Å²) in [6, 6.07) is 7.68. The van der Waals surface area contributed by atoms with Gasteiger partial charge in [0, 0.05) is 24.1 Å². The van der Waals surface area contributed by atoms with Crippen molar-refractivity contribution in [2.75, 3.05) is 26.2 Å². The molecule has 0 radical (unpaired) electrons. The molecule has 1 aromatic rings. The van der Waals surface area contributed by atoms with Crippen LogP contribution in [0.4, 0.5) is 0 Å². The summed E-state index contributed by atoms with van der Waals surface area (Å²) in [6.45, 7) is 2.29. The highest BCUT2D eigenvalue weighted by Crippen LogP contribution is 2.17. The molecule has 1 aromatic carbocycles. The molecule has 0 aromatic heterocycles. The van der Waals surface area contributed by atoms with E-state index < -0.39 is 12.2 Å². The van der Waals surface area contributed by atoms with E-state index in [-0.39, 0.29) is 0 Å². The summed E-state index contributed by atoms with van der Waals surface area (Å²) in [5.41, 5.74) is 0. The summed E-state index contributed by atoms with van der Waals surface area (Å²) in [7, 11) is 0. The van der Waals surface area contributed by atoms with Gasteiger partial charge in [-0.15, -0.1) is 0 Å². The first-order valence-corrected chi connectivity index (χ1v) is 6.41. The molecule has 2 atom stereocenters. The Morgan fingerprint density at radius 1 is 1.29 bits per heavy atom. The van der Waals surface area contributed by atoms with E-state index in [1.165, 1.54) is 0 Å². The molecule has 1 saturated heterocycles. The quantitative estimate of drug-likeness (QED) is 0.866. The predicted octanol–water partition coefficient (Wildman–Crippen LogP) is 0.865. The number of β-amino-alcohol motifs (C(OH)–C–C–N with tert-alkyl or cyclic N) is 2. The Labute approximate surface area is 109 Å². The zero-order valence-electron chi connectivity index (χ0n) is 9.42. The molecule has 2 unspecified atom stereocenters. The van der Waals surface area contributed by atoms with Crippen LogP contribution in [0.15, 0.2) is 28.7 Å². The van der Waals surface area contributed by atoms with Gasteiger partial charge < -0.3 is 14.9 Å². The minimum Gasteiger partial charge on any atom is -0.492 e. The smallest absolute Gasteiger partial charge is 0.120 e. The second-order valence-corrected chi connectivity index (χ2v) is 5.12. The van der Waals surface area contributed by atoms with Gasteiger partial charge in [-0.3, -0.25) is 4.90 Å². The normalized spacial score (nSPS) is 25.1. The van der Waals surface area contributed by atoms with Crippen molar-refractivity contribution in [3.63, 3.8) is 0 Å². The Hall–Kier alpha value is -0.620. The molecule has 94 valence electrons. The van der Waals surface area contributed by atoms with Crippen molar-refractivity contribution in [1.82, 2.24) is 4.90 Å². The van der Waals surface area contributed by atoms with E-state index in [9.17, 15) is 10.2 Å². The van der Waals surface area contributed by atoms with Crippen LogP contribution in [0.3, 0.4) is 0 Å². The molecule has 0 bridgehead atoms. The lowest BCUT2D eigenvalue weighted by Crippen LogP contribution is -2.27. The van der Waals surface area contributed by atoms with E-state index in [0.29, 0.717) is 26.2 Å². The number of aliphatic hydroxyl groups is 2. The largest absolute Gasteiger partial charge is 0.492 e. The van der Waals surface area contributed by atoms with E-state index in [1.54, 1.807) is 0 Å². The third kappa shape index (κ3) is 3.67. The van der Waals surface area contributed by atoms with Gasteiger partial charge in [-0.25, -0.2) is 0 Å². The van der Waals surface area contributed by atoms with Crippen LogP contribution >= 0.6 is 15.9 Å². The Balaban J connectivity index is 1.73. The van der Waals surface area contributed by atoms with Crippen molar-refractivity contribution in [1.29, 1.82) is 0 Å². The highest BCUT2D eigenvalue weighted by molar-refractivity contribution is 9.10. The van der Waals surface area contributed by atoms with Crippen LogP contribution in [0, 0.1) is 0 Å². The zero-order valence-corrected chi connectivity index (χ0v) is 11.0. The van der Waals surface area contributed by atoms with Crippen molar-refractivity contribution in [3.8, 4) is 5.75 Å². The second-order valence-electron chi connectivity index (χ2n) is 4.20. The fourth-order valence-electron chi connectivity index (χ4n) is 1.88. The van der Waals surface area contributed by atoms with E-state index in [4.69, 9.17) is 4.74 Å². The van der Waals surface area contributed by atoms with Crippen LogP contribution in [-0.2, 0) is 0 Å². The zero-order chi connectivity index (χ0) is 12.3. The molecule has 1 aliphatic heterocycles. The number of hydrogen-bond acceptors (Lipinski definition) is 4. The Morgan fingerprint density at radius 2 is 2.00 bits per heavy atom. The Kier molecular flexibility index (Phi) is 4.39. The average Bonchev–Trinajstić information content (AvgIpc) is 2.58. The minimum absolute atomic E-state index is 0.517. The molecule has 0 aliphatic carbocycles. The van der Waals surface area contributed by atoms with Gasteiger partial charge in [0.25, 0.3) is 0 Å². The lowest BCUT2D eigenvalue weighted by Gasteiger charge is -2.15. The lowest BCUT2D eigenvalue weighted by atomic mass is 10.3. The van der Waals surface area contributed by atoms with Crippen LogP contribution in [0.25, 0.3) is 0 Å². The molecule has 1 fully saturated rings. The van der Waals surface area contributed by atoms with Crippen molar-refractivity contribution in [2.24, 2.45) is 0 Å². The number of ether oxygens (including phenoxy) is 1. The van der Waals surface area contributed by atoms with Gasteiger partial charge in [0.2, 0.25) is 0 Å². The third-order valence-corrected chi connectivity index (χ3v) is 3.30. The summed E-state index contributed by atoms with van der Waals surface area (Å²) in [6.07, 6.45) is -1.25. The maximum atomic E-state index is 9.38. The number of likely N-dealkylation sites (tertiary alicyclic amines) is 1. The van der Waals surface area contributed by atoms with E-state index in [1.807, 2.05) is 29.2 Å². The summed E-state index contributed by atoms with van der Waals surface area (Å²) in [5.74, 6) is 0.819. The number of nitrogens with zero attached hydrogens (tertiary/aromatic N) is 1. The van der Waals surface area contributed by atoms with Gasteiger partial charge in [-0.05, 0) is 18.2 Å². The molecule has 0 saturated carbocycles. The topological polar surface area (TPSA) is 52.9 Å². The number of rotatable bonds is 4. The number of halogens is 1. The summed E-state index contributed by atoms with van der Waals surface area (Å²) in [4.78, 5) is 1.99. The van der Waals surface area contributed by atoms with E-state index >= 15 is 0 Å². The van der Waals surface area contributed by atoms with Gasteiger partial charge in [-0.2, -0.15) is 0 Å². The molecule has 2 N–H and O–H groups in total. The fourth-order valence-corrected chi connectivity index (χ4v) is 2.26. The number of aliphatic hydroxyl groups excluding tert-OH is 2. The molecule has 1 aliphatic rings. The Morgan fingerprint density at radius 3 is 2.65 bits per heavy atom. The minimum atomic E-state index is -0.624. The van der Waals surface area contributed by atoms with Crippen LogP contribution < -0.4 is 4.74 Å². The Bertz CT molecular complexity index is 365. The van der Waals surface area contributed by atoms with Gasteiger partial charge in [-0.1, -0.05) is 22.0 Å². The number of hydrogen-bond donors (Lipinski definition) is 2. The number of benzene rings is 1. The summed E-state index contributed by atoms with van der Waals surface area (Å²) >= 11 is 3.38. The highest BCUT2D eigenvalue weighted by Gasteiger charge is 2.28. The molecule has 5 heteroatoms. The summed E-state index contributed by atoms with van der Waals surface area (Å²) in [5, 5.41) is 18.8. The first-order chi connectivity index (χ1) is 8.15. The molecule has 0 spiro atoms. The summed E-state index contributed by atoms with van der Waals surface area (Å²) < 4.78 is 6.57. The second kappa shape index (κ2) is 5.82. The average molecular weight is 302 g/mol. The fraction of sp³-hybridized carbons (Fsp3) is 0.500. The lowest BCUT2D eigenvalue weighted by molar-refractivity contribution is 0.0572. The van der Waals surface area contributed by atoms with Crippen molar-refractivity contribution in [2.45, 2.75) is 12.2 Å². The predicted molar refractivity (Wildman–Crippen MR) is 68.1 cm³/mol. The first kappa shape index (κ1) is 12.8. The maximum Gasteiger partial charge on any atom is 0.120 e.